The van der Waals surface area contributed by atoms with E-state index in [9.17, 15) is 0 Å². The highest BCUT2D eigenvalue weighted by Crippen LogP contribution is 2.61. The van der Waals surface area contributed by atoms with E-state index in [4.69, 9.17) is 6.42 Å². The van der Waals surface area contributed by atoms with Crippen LogP contribution in [0.5, 0.6) is 0 Å². The average Bonchev–Trinajstić information content (AvgIpc) is 3.47. The number of aryl methyl sites for hydroxylation is 2. The predicted octanol–water partition coefficient (Wildman–Crippen LogP) is 13.7. The van der Waals surface area contributed by atoms with Crippen LogP contribution in [0.3, 0.4) is 0 Å². The van der Waals surface area contributed by atoms with Gasteiger partial charge < -0.3 is 0 Å². The first-order valence-electron chi connectivity index (χ1n) is 19.7. The van der Waals surface area contributed by atoms with Crippen molar-refractivity contribution in [3.8, 4) is 46.1 Å². The summed E-state index contributed by atoms with van der Waals surface area (Å²) >= 11 is 0. The largest absolute Gasteiger partial charge is 0.129 e. The maximum Gasteiger partial charge on any atom is 0.129 e. The molecule has 4 aliphatic rings. The second-order valence-electron chi connectivity index (χ2n) is 19.7. The van der Waals surface area contributed by atoms with Crippen molar-refractivity contribution in [1.82, 2.24) is 0 Å². The molecule has 6 aromatic rings. The van der Waals surface area contributed by atoms with Crippen molar-refractivity contribution >= 4 is 38.0 Å². The molecule has 0 heterocycles. The van der Waals surface area contributed by atoms with E-state index in [0.29, 0.717) is 0 Å². The van der Waals surface area contributed by atoms with E-state index >= 15 is 0 Å². The van der Waals surface area contributed by atoms with Gasteiger partial charge in [0, 0.05) is 41.2 Å². The van der Waals surface area contributed by atoms with Crippen LogP contribution in [0.25, 0.3) is 43.8 Å². The molecule has 0 amide bonds. The van der Waals surface area contributed by atoms with E-state index in [2.05, 4.69) is 179 Å². The molecule has 0 saturated heterocycles. The Balaban J connectivity index is 0.000000167. The van der Waals surface area contributed by atoms with Crippen LogP contribution in [0.15, 0.2) is 72.8 Å². The van der Waals surface area contributed by atoms with Crippen molar-refractivity contribution < 1.29 is 0 Å². The number of rotatable bonds is 0. The van der Waals surface area contributed by atoms with Crippen LogP contribution in [0.2, 0.25) is 19.6 Å². The van der Waals surface area contributed by atoms with Crippen molar-refractivity contribution in [2.75, 3.05) is 0 Å². The maximum absolute atomic E-state index is 5.82. The van der Waals surface area contributed by atoms with Gasteiger partial charge in [0.2, 0.25) is 0 Å². The molecular formula is C54H56BSi. The van der Waals surface area contributed by atoms with Gasteiger partial charge in [-0.05, 0) is 138 Å². The summed E-state index contributed by atoms with van der Waals surface area (Å²) in [7, 11) is -1.42. The average molecular weight is 744 g/mol. The summed E-state index contributed by atoms with van der Waals surface area (Å²) in [6, 6.07) is 27.8. The molecule has 0 spiro atoms. The summed E-state index contributed by atoms with van der Waals surface area (Å²) in [5.41, 5.74) is 25.8. The maximum atomic E-state index is 5.82. The molecule has 0 aliphatic heterocycles. The Morgan fingerprint density at radius 1 is 0.482 bits per heavy atom. The van der Waals surface area contributed by atoms with Crippen LogP contribution in [0.4, 0.5) is 0 Å². The van der Waals surface area contributed by atoms with Crippen LogP contribution in [0.1, 0.15) is 130 Å². The Bertz CT molecular complexity index is 2830. The van der Waals surface area contributed by atoms with Crippen molar-refractivity contribution in [2.45, 2.75) is 118 Å². The van der Waals surface area contributed by atoms with Crippen LogP contribution in [-0.2, 0) is 21.7 Å². The summed E-state index contributed by atoms with van der Waals surface area (Å²) < 4.78 is 0. The second kappa shape index (κ2) is 12.1. The monoisotopic (exact) mass is 743 g/mol. The summed E-state index contributed by atoms with van der Waals surface area (Å²) in [5, 5.41) is 5.73. The number of terminal acetylenes is 1. The van der Waals surface area contributed by atoms with Gasteiger partial charge in [0.25, 0.3) is 0 Å². The second-order valence-corrected chi connectivity index (χ2v) is 24.5. The first kappa shape index (κ1) is 39.5. The third kappa shape index (κ3) is 5.01. The number of benzene rings is 6. The van der Waals surface area contributed by atoms with Gasteiger partial charge in [-0.15, -0.1) is 12.0 Å². The Labute approximate surface area is 340 Å². The molecule has 0 bridgehead atoms. The smallest absolute Gasteiger partial charge is 0.127 e. The summed E-state index contributed by atoms with van der Waals surface area (Å²) in [4.78, 5) is 0. The lowest BCUT2D eigenvalue weighted by molar-refractivity contribution is 0.638. The van der Waals surface area contributed by atoms with Gasteiger partial charge in [0.05, 0.1) is 0 Å². The van der Waals surface area contributed by atoms with Gasteiger partial charge in [-0.25, -0.2) is 0 Å². The Morgan fingerprint density at radius 2 is 0.821 bits per heavy atom. The summed E-state index contributed by atoms with van der Waals surface area (Å²) in [6.45, 7) is 30.4. The third-order valence-electron chi connectivity index (χ3n) is 13.7. The summed E-state index contributed by atoms with van der Waals surface area (Å²) in [6.07, 6.45) is 5.82. The molecule has 0 fully saturated rings. The zero-order chi connectivity index (χ0) is 38.7. The van der Waals surface area contributed by atoms with Gasteiger partial charge in [0.1, 0.15) is 8.07 Å². The van der Waals surface area contributed by atoms with E-state index in [0.717, 1.165) is 5.56 Å². The first-order valence-corrected chi connectivity index (χ1v) is 23.2. The van der Waals surface area contributed by atoms with Gasteiger partial charge in [-0.2, -0.15) is 0 Å². The van der Waals surface area contributed by atoms with Crippen LogP contribution < -0.4 is 0 Å². The zero-order valence-electron chi connectivity index (χ0n) is 35.1. The van der Waals surface area contributed by atoms with E-state index < -0.39 is 8.07 Å². The minimum atomic E-state index is -1.42. The molecule has 2 heteroatoms. The first-order chi connectivity index (χ1) is 25.2. The minimum absolute atomic E-state index is 0. The standard InChI is InChI=1S/C28H30Si.C25H22.CH4.B/c1-17-14-21-26-24-19(17)10-9-11-20(24)27(2,3)22-15-18(12-13-29(6,7)8)16-23(25(22)26)28(21,4)5;1-7-15-12-19-22-20(13-15)25(5,6)18-11-14(2)16-9-8-10-17(24(19,3)4)21(16)23(18)22;;/h9-11,14-16H,1-8H3;1,8-13H,2-6H3;1H4;. The summed E-state index contributed by atoms with van der Waals surface area (Å²) in [5.74, 6) is 6.45. The Kier molecular flexibility index (Phi) is 8.55. The highest BCUT2D eigenvalue weighted by atomic mass is 28.3. The van der Waals surface area contributed by atoms with E-state index in [1.165, 1.54) is 105 Å². The molecule has 0 nitrogen and oxygen atoms in total. The topological polar surface area (TPSA) is 0 Å². The van der Waals surface area contributed by atoms with Gasteiger partial charge in [-0.1, -0.05) is 143 Å². The van der Waals surface area contributed by atoms with Crippen LogP contribution in [-0.4, -0.2) is 16.5 Å². The number of hydrogen-bond acceptors (Lipinski definition) is 0. The van der Waals surface area contributed by atoms with Crippen LogP contribution in [0, 0.1) is 37.7 Å². The molecule has 0 unspecified atom stereocenters. The van der Waals surface area contributed by atoms with E-state index in [1.807, 2.05) is 0 Å². The predicted molar refractivity (Wildman–Crippen MR) is 247 cm³/mol. The fourth-order valence-electron chi connectivity index (χ4n) is 10.6. The quantitative estimate of drug-likeness (QED) is 0.107. The lowest BCUT2D eigenvalue weighted by Crippen LogP contribution is -2.24. The highest BCUT2D eigenvalue weighted by Gasteiger charge is 2.46. The minimum Gasteiger partial charge on any atom is -0.127 e. The third-order valence-corrected chi connectivity index (χ3v) is 14.5. The molecule has 10 rings (SSSR count). The molecular weight excluding hydrogens is 687 g/mol. The van der Waals surface area contributed by atoms with Gasteiger partial charge in [0.15, 0.2) is 0 Å². The SMILES string of the molecule is C.C#Cc1cc2c3c(c1)C(C)(C)c1cccc4c(C)cc(c-3c14)C2(C)C.Cc1cc2c3c4c(cccc14)C(C)(C)c1cc(C#C[Si](C)(C)C)cc(c1-3)C2(C)C.[B]. The lowest BCUT2D eigenvalue weighted by atomic mass is 9.68. The molecule has 0 saturated carbocycles. The molecule has 0 atom stereocenters. The highest BCUT2D eigenvalue weighted by molar-refractivity contribution is 6.83. The van der Waals surface area contributed by atoms with Crippen LogP contribution >= 0.6 is 0 Å². The van der Waals surface area contributed by atoms with Gasteiger partial charge >= 0.3 is 0 Å². The molecule has 3 radical (unpaired) electrons. The zero-order valence-corrected chi connectivity index (χ0v) is 36.1. The molecule has 6 aromatic carbocycles. The molecule has 56 heavy (non-hydrogen) atoms. The van der Waals surface area contributed by atoms with Crippen molar-refractivity contribution in [3.05, 3.63) is 140 Å². The van der Waals surface area contributed by atoms with Crippen molar-refractivity contribution in [3.63, 3.8) is 0 Å². The lowest BCUT2D eigenvalue weighted by Gasteiger charge is -2.35. The van der Waals surface area contributed by atoms with E-state index in [-0.39, 0.29) is 37.5 Å². The van der Waals surface area contributed by atoms with Gasteiger partial charge in [-0.3, -0.25) is 0 Å². The van der Waals surface area contributed by atoms with Crippen molar-refractivity contribution in [2.24, 2.45) is 0 Å². The normalized spacial score (nSPS) is 16.8. The van der Waals surface area contributed by atoms with E-state index in [1.54, 1.807) is 0 Å². The van der Waals surface area contributed by atoms with Crippen molar-refractivity contribution in [1.29, 1.82) is 0 Å². The molecule has 279 valence electrons. The number of hydrogen-bond donors (Lipinski definition) is 0. The fourth-order valence-corrected chi connectivity index (χ4v) is 11.2. The molecule has 0 N–H and O–H groups in total. The Hall–Kier alpha value is -4.76. The Morgan fingerprint density at radius 3 is 1.18 bits per heavy atom. The fraction of sp³-hybridized carbons (Fsp3) is 0.333. The molecule has 0 aromatic heterocycles. The molecule has 4 aliphatic carbocycles.